The highest BCUT2D eigenvalue weighted by Crippen LogP contribution is 2.16. The summed E-state index contributed by atoms with van der Waals surface area (Å²) in [5, 5.41) is 6.48. The Kier molecular flexibility index (Phi) is 6.50. The van der Waals surface area contributed by atoms with Gasteiger partial charge in [-0.25, -0.2) is 9.38 Å². The molecule has 0 heterocycles. The zero-order chi connectivity index (χ0) is 13.4. The molecule has 18 heavy (non-hydrogen) atoms. The molecule has 1 aromatic rings. The van der Waals surface area contributed by atoms with Gasteiger partial charge >= 0.3 is 0 Å². The molecule has 0 radical (unpaired) electrons. The largest absolute Gasteiger partial charge is 0.357 e. The molecule has 0 aliphatic rings. The van der Waals surface area contributed by atoms with Gasteiger partial charge in [0.25, 0.3) is 0 Å². The summed E-state index contributed by atoms with van der Waals surface area (Å²) in [6.45, 7) is 6.25. The van der Waals surface area contributed by atoms with Gasteiger partial charge in [0.1, 0.15) is 5.82 Å². The molecule has 0 aliphatic heterocycles. The van der Waals surface area contributed by atoms with Gasteiger partial charge in [0.05, 0.1) is 11.6 Å². The number of aliphatic imine (C=N–C) groups is 1. The summed E-state index contributed by atoms with van der Waals surface area (Å²) < 4.78 is 13.0. The number of benzene rings is 1. The molecule has 1 aromatic carbocycles. The summed E-state index contributed by atoms with van der Waals surface area (Å²) in [5.74, 6) is 0.361. The Hall–Kier alpha value is -1.29. The lowest BCUT2D eigenvalue weighted by molar-refractivity contribution is 0.627. The zero-order valence-corrected chi connectivity index (χ0v) is 11.5. The summed E-state index contributed by atoms with van der Waals surface area (Å²) >= 11 is 5.72. The second kappa shape index (κ2) is 7.93. The van der Waals surface area contributed by atoms with Crippen molar-refractivity contribution >= 4 is 17.6 Å². The lowest BCUT2D eigenvalue weighted by Crippen LogP contribution is -2.37. The van der Waals surface area contributed by atoms with Crippen molar-refractivity contribution in [2.24, 2.45) is 4.99 Å². The lowest BCUT2D eigenvalue weighted by atomic mass is 10.2. The molecular formula is C13H19ClFN3. The van der Waals surface area contributed by atoms with Crippen molar-refractivity contribution in [3.8, 4) is 0 Å². The smallest absolute Gasteiger partial charge is 0.191 e. The van der Waals surface area contributed by atoms with Crippen molar-refractivity contribution in [3.05, 3.63) is 34.6 Å². The molecule has 1 rings (SSSR count). The minimum absolute atomic E-state index is 0.134. The summed E-state index contributed by atoms with van der Waals surface area (Å²) in [6.07, 6.45) is 1.03. The van der Waals surface area contributed by atoms with E-state index in [0.29, 0.717) is 6.54 Å². The van der Waals surface area contributed by atoms with Crippen LogP contribution in [0.3, 0.4) is 0 Å². The van der Waals surface area contributed by atoms with E-state index in [4.69, 9.17) is 11.6 Å². The van der Waals surface area contributed by atoms with Gasteiger partial charge in [-0.15, -0.1) is 0 Å². The molecule has 100 valence electrons. The SMILES string of the molecule is CCCNC(=NCc1ccc(F)c(Cl)c1)NCC. The van der Waals surface area contributed by atoms with Crippen molar-refractivity contribution in [2.75, 3.05) is 13.1 Å². The fraction of sp³-hybridized carbons (Fsp3) is 0.462. The first kappa shape index (κ1) is 14.8. The number of nitrogens with zero attached hydrogens (tertiary/aromatic N) is 1. The van der Waals surface area contributed by atoms with Gasteiger partial charge in [-0.05, 0) is 31.0 Å². The topological polar surface area (TPSA) is 36.4 Å². The van der Waals surface area contributed by atoms with E-state index in [9.17, 15) is 4.39 Å². The van der Waals surface area contributed by atoms with Crippen molar-refractivity contribution < 1.29 is 4.39 Å². The van der Waals surface area contributed by atoms with Crippen molar-refractivity contribution in [1.29, 1.82) is 0 Å². The Balaban J connectivity index is 2.65. The molecule has 0 saturated heterocycles. The van der Waals surface area contributed by atoms with Crippen LogP contribution in [-0.2, 0) is 6.54 Å². The van der Waals surface area contributed by atoms with E-state index < -0.39 is 5.82 Å². The third-order valence-corrected chi connectivity index (χ3v) is 2.58. The summed E-state index contributed by atoms with van der Waals surface area (Å²) in [5.41, 5.74) is 0.884. The number of hydrogen-bond donors (Lipinski definition) is 2. The first-order chi connectivity index (χ1) is 8.67. The second-order valence-corrected chi connectivity index (χ2v) is 4.28. The Morgan fingerprint density at radius 1 is 1.33 bits per heavy atom. The molecule has 0 aliphatic carbocycles. The van der Waals surface area contributed by atoms with E-state index in [2.05, 4.69) is 22.5 Å². The Bertz CT molecular complexity index is 407. The normalized spacial score (nSPS) is 11.4. The first-order valence-corrected chi connectivity index (χ1v) is 6.51. The van der Waals surface area contributed by atoms with Crippen LogP contribution in [0.4, 0.5) is 4.39 Å². The van der Waals surface area contributed by atoms with E-state index in [-0.39, 0.29) is 5.02 Å². The molecule has 0 fully saturated rings. The van der Waals surface area contributed by atoms with Crippen LogP contribution in [-0.4, -0.2) is 19.0 Å². The van der Waals surface area contributed by atoms with E-state index in [1.54, 1.807) is 12.1 Å². The van der Waals surface area contributed by atoms with Gasteiger partial charge in [-0.1, -0.05) is 24.6 Å². The van der Waals surface area contributed by atoms with E-state index in [1.807, 2.05) is 6.92 Å². The van der Waals surface area contributed by atoms with Crippen LogP contribution in [0, 0.1) is 5.82 Å². The fourth-order valence-electron chi connectivity index (χ4n) is 1.39. The maximum absolute atomic E-state index is 13.0. The first-order valence-electron chi connectivity index (χ1n) is 6.13. The molecule has 0 aromatic heterocycles. The maximum atomic E-state index is 13.0. The quantitative estimate of drug-likeness (QED) is 0.638. The molecule has 3 nitrogen and oxygen atoms in total. The molecular weight excluding hydrogens is 253 g/mol. The average molecular weight is 272 g/mol. The second-order valence-electron chi connectivity index (χ2n) is 3.87. The highest BCUT2D eigenvalue weighted by atomic mass is 35.5. The van der Waals surface area contributed by atoms with Crippen LogP contribution in [0.15, 0.2) is 23.2 Å². The molecule has 0 saturated carbocycles. The van der Waals surface area contributed by atoms with Crippen LogP contribution in [0.5, 0.6) is 0 Å². The molecule has 2 N–H and O–H groups in total. The van der Waals surface area contributed by atoms with Gasteiger partial charge < -0.3 is 10.6 Å². The highest BCUT2D eigenvalue weighted by molar-refractivity contribution is 6.30. The van der Waals surface area contributed by atoms with Gasteiger partial charge in [-0.3, -0.25) is 0 Å². The standard InChI is InChI=1S/C13H19ClFN3/c1-3-7-17-13(16-4-2)18-9-10-5-6-12(15)11(14)8-10/h5-6,8H,3-4,7,9H2,1-2H3,(H2,16,17,18). The molecule has 0 unspecified atom stereocenters. The average Bonchev–Trinajstić information content (AvgIpc) is 2.37. The molecule has 0 atom stereocenters. The summed E-state index contributed by atoms with van der Waals surface area (Å²) in [7, 11) is 0. The molecule has 0 spiro atoms. The Labute approximate surface area is 112 Å². The van der Waals surface area contributed by atoms with Gasteiger partial charge in [-0.2, -0.15) is 0 Å². The number of guanidine groups is 1. The molecule has 0 bridgehead atoms. The van der Waals surface area contributed by atoms with Crippen LogP contribution < -0.4 is 10.6 Å². The minimum atomic E-state index is -0.402. The van der Waals surface area contributed by atoms with Crippen molar-refractivity contribution in [2.45, 2.75) is 26.8 Å². The van der Waals surface area contributed by atoms with Gasteiger partial charge in [0.15, 0.2) is 5.96 Å². The molecule has 5 heteroatoms. The van der Waals surface area contributed by atoms with Crippen LogP contribution in [0.1, 0.15) is 25.8 Å². The maximum Gasteiger partial charge on any atom is 0.191 e. The third kappa shape index (κ3) is 4.92. The Morgan fingerprint density at radius 2 is 2.11 bits per heavy atom. The predicted molar refractivity (Wildman–Crippen MR) is 74.5 cm³/mol. The van der Waals surface area contributed by atoms with Gasteiger partial charge in [0.2, 0.25) is 0 Å². The van der Waals surface area contributed by atoms with Crippen LogP contribution in [0.25, 0.3) is 0 Å². The van der Waals surface area contributed by atoms with E-state index >= 15 is 0 Å². The number of nitrogens with one attached hydrogen (secondary N) is 2. The van der Waals surface area contributed by atoms with Crippen LogP contribution in [0.2, 0.25) is 5.02 Å². The van der Waals surface area contributed by atoms with Crippen molar-refractivity contribution in [1.82, 2.24) is 10.6 Å². The predicted octanol–water partition coefficient (Wildman–Crippen LogP) is 2.94. The molecule has 0 amide bonds. The third-order valence-electron chi connectivity index (χ3n) is 2.29. The Morgan fingerprint density at radius 3 is 2.72 bits per heavy atom. The van der Waals surface area contributed by atoms with Gasteiger partial charge in [0, 0.05) is 13.1 Å². The zero-order valence-electron chi connectivity index (χ0n) is 10.8. The van der Waals surface area contributed by atoms with Crippen molar-refractivity contribution in [3.63, 3.8) is 0 Å². The number of rotatable bonds is 5. The summed E-state index contributed by atoms with van der Waals surface area (Å²) in [6, 6.07) is 4.65. The van der Waals surface area contributed by atoms with Crippen LogP contribution >= 0.6 is 11.6 Å². The number of halogens is 2. The monoisotopic (exact) mass is 271 g/mol. The van der Waals surface area contributed by atoms with E-state index in [1.165, 1.54) is 6.07 Å². The van der Waals surface area contributed by atoms with E-state index in [0.717, 1.165) is 31.0 Å². The highest BCUT2D eigenvalue weighted by Gasteiger charge is 2.01. The fourth-order valence-corrected chi connectivity index (χ4v) is 1.60. The minimum Gasteiger partial charge on any atom is -0.357 e. The summed E-state index contributed by atoms with van der Waals surface area (Å²) in [4.78, 5) is 4.41. The number of hydrogen-bond acceptors (Lipinski definition) is 1. The lowest BCUT2D eigenvalue weighted by Gasteiger charge is -2.10.